The van der Waals surface area contributed by atoms with Gasteiger partial charge in [-0.25, -0.2) is 4.98 Å². The summed E-state index contributed by atoms with van der Waals surface area (Å²) < 4.78 is 5.79. The van der Waals surface area contributed by atoms with Gasteiger partial charge >= 0.3 is 0 Å². The summed E-state index contributed by atoms with van der Waals surface area (Å²) in [6, 6.07) is 6.97. The van der Waals surface area contributed by atoms with Crippen LogP contribution in [-0.2, 0) is 9.59 Å². The van der Waals surface area contributed by atoms with E-state index in [2.05, 4.69) is 31.2 Å². The molecule has 1 aliphatic rings. The normalized spacial score (nSPS) is 21.3. The van der Waals surface area contributed by atoms with Gasteiger partial charge in [-0.2, -0.15) is 0 Å². The monoisotopic (exact) mass is 534 g/mol. The van der Waals surface area contributed by atoms with Gasteiger partial charge in [0.15, 0.2) is 5.69 Å². The molecule has 3 heterocycles. The molecule has 3 atom stereocenters. The first kappa shape index (κ1) is 27.7. The highest BCUT2D eigenvalue weighted by molar-refractivity contribution is 5.99. The van der Waals surface area contributed by atoms with E-state index in [9.17, 15) is 19.2 Å². The van der Waals surface area contributed by atoms with Gasteiger partial charge < -0.3 is 25.7 Å². The van der Waals surface area contributed by atoms with Gasteiger partial charge in [0, 0.05) is 18.1 Å². The minimum absolute atomic E-state index is 0.0453. The molecule has 4 amide bonds. The molecular formula is C28H34N6O5. The second-order valence-corrected chi connectivity index (χ2v) is 10.1. The van der Waals surface area contributed by atoms with E-state index in [1.165, 1.54) is 0 Å². The van der Waals surface area contributed by atoms with E-state index in [-0.39, 0.29) is 34.9 Å². The molecule has 0 aliphatic carbocycles. The van der Waals surface area contributed by atoms with Gasteiger partial charge in [0.05, 0.1) is 0 Å². The predicted molar refractivity (Wildman–Crippen MR) is 144 cm³/mol. The molecule has 206 valence electrons. The Kier molecular flexibility index (Phi) is 8.58. The smallest absolute Gasteiger partial charge is 0.274 e. The van der Waals surface area contributed by atoms with Crippen molar-refractivity contribution in [2.45, 2.75) is 65.1 Å². The molecule has 0 saturated carbocycles. The van der Waals surface area contributed by atoms with Crippen molar-refractivity contribution < 1.29 is 23.6 Å². The maximum Gasteiger partial charge on any atom is 0.274 e. The lowest BCUT2D eigenvalue weighted by Gasteiger charge is -2.24. The summed E-state index contributed by atoms with van der Waals surface area (Å²) in [5.41, 5.74) is 0.248. The van der Waals surface area contributed by atoms with Gasteiger partial charge in [0.2, 0.25) is 17.7 Å². The van der Waals surface area contributed by atoms with Crippen molar-refractivity contribution in [1.29, 1.82) is 0 Å². The predicted octanol–water partition coefficient (Wildman–Crippen LogP) is 2.56. The fourth-order valence-corrected chi connectivity index (χ4v) is 4.41. The van der Waals surface area contributed by atoms with E-state index in [0.717, 1.165) is 10.8 Å². The lowest BCUT2D eigenvalue weighted by Crippen LogP contribution is -2.49. The van der Waals surface area contributed by atoms with Crippen LogP contribution >= 0.6 is 0 Å². The van der Waals surface area contributed by atoms with Crippen LogP contribution in [0.25, 0.3) is 10.8 Å². The van der Waals surface area contributed by atoms with E-state index in [1.807, 2.05) is 38.1 Å². The van der Waals surface area contributed by atoms with Crippen LogP contribution in [-0.4, -0.2) is 52.2 Å². The quantitative estimate of drug-likeness (QED) is 0.402. The fourth-order valence-electron chi connectivity index (χ4n) is 4.41. The van der Waals surface area contributed by atoms with Gasteiger partial charge in [-0.15, -0.1) is 0 Å². The topological polar surface area (TPSA) is 155 Å². The molecule has 2 bridgehead atoms. The van der Waals surface area contributed by atoms with Crippen LogP contribution in [0.4, 0.5) is 0 Å². The Morgan fingerprint density at radius 1 is 1.08 bits per heavy atom. The number of carbonyl (C=O) groups excluding carboxylic acids is 4. The van der Waals surface area contributed by atoms with Crippen molar-refractivity contribution in [1.82, 2.24) is 31.2 Å². The molecule has 0 radical (unpaired) electrons. The Balaban J connectivity index is 1.60. The largest absolute Gasteiger partial charge is 0.443 e. The van der Waals surface area contributed by atoms with E-state index in [0.29, 0.717) is 25.8 Å². The molecule has 1 aliphatic heterocycles. The van der Waals surface area contributed by atoms with Gasteiger partial charge in [0.1, 0.15) is 29.6 Å². The van der Waals surface area contributed by atoms with Crippen molar-refractivity contribution in [2.75, 3.05) is 6.54 Å². The van der Waals surface area contributed by atoms with Crippen molar-refractivity contribution in [3.8, 4) is 0 Å². The third-order valence-corrected chi connectivity index (χ3v) is 6.70. The van der Waals surface area contributed by atoms with Crippen LogP contribution < -0.4 is 21.3 Å². The highest BCUT2D eigenvalue weighted by Gasteiger charge is 2.31. The van der Waals surface area contributed by atoms with Crippen LogP contribution in [0.1, 0.15) is 78.7 Å². The van der Waals surface area contributed by atoms with Crippen molar-refractivity contribution in [3.63, 3.8) is 0 Å². The molecule has 39 heavy (non-hydrogen) atoms. The first-order valence-corrected chi connectivity index (χ1v) is 13.2. The number of hydrogen-bond donors (Lipinski definition) is 4. The number of nitrogens with zero attached hydrogens (tertiary/aromatic N) is 2. The number of benzene rings is 1. The van der Waals surface area contributed by atoms with E-state index >= 15 is 0 Å². The fraction of sp³-hybridized carbons (Fsp3) is 0.429. The molecule has 2 aromatic heterocycles. The summed E-state index contributed by atoms with van der Waals surface area (Å²) in [7, 11) is 0. The summed E-state index contributed by atoms with van der Waals surface area (Å²) in [5.74, 6) is -1.44. The van der Waals surface area contributed by atoms with E-state index < -0.39 is 35.8 Å². The van der Waals surface area contributed by atoms with Crippen LogP contribution in [0.15, 0.2) is 40.9 Å². The minimum Gasteiger partial charge on any atom is -0.443 e. The summed E-state index contributed by atoms with van der Waals surface area (Å²) in [6.45, 7) is 7.33. The molecule has 0 spiro atoms. The first-order valence-electron chi connectivity index (χ1n) is 13.2. The second kappa shape index (κ2) is 12.1. The molecule has 0 saturated heterocycles. The zero-order chi connectivity index (χ0) is 28.1. The highest BCUT2D eigenvalue weighted by Crippen LogP contribution is 2.24. The van der Waals surface area contributed by atoms with Gasteiger partial charge in [-0.1, -0.05) is 38.1 Å². The first-order chi connectivity index (χ1) is 18.6. The third kappa shape index (κ3) is 6.60. The van der Waals surface area contributed by atoms with Gasteiger partial charge in [-0.05, 0) is 50.5 Å². The van der Waals surface area contributed by atoms with Crippen LogP contribution in [0.2, 0.25) is 0 Å². The Bertz CT molecular complexity index is 1380. The number of fused-ring (bicyclic) bond motifs is 3. The molecule has 4 rings (SSSR count). The minimum atomic E-state index is -0.867. The molecule has 11 nitrogen and oxygen atoms in total. The number of amides is 4. The molecule has 0 unspecified atom stereocenters. The number of pyridine rings is 1. The molecular weight excluding hydrogens is 500 g/mol. The zero-order valence-corrected chi connectivity index (χ0v) is 22.5. The molecule has 3 aromatic rings. The maximum absolute atomic E-state index is 13.5. The second-order valence-electron chi connectivity index (χ2n) is 10.1. The number of carbonyl (C=O) groups is 4. The highest BCUT2D eigenvalue weighted by atomic mass is 16.4. The summed E-state index contributed by atoms with van der Waals surface area (Å²) in [4.78, 5) is 60.5. The average molecular weight is 535 g/mol. The molecule has 4 N–H and O–H groups in total. The SMILES string of the molecule is Cc1oc2nc1C(=O)N[C@H](C)C(=O)NCCCC[C@H](NC(=O)c1cc3ccccc3cn1)C(=O)N[C@H]2C(C)C. The molecule has 1 aromatic carbocycles. The van der Waals surface area contributed by atoms with Gasteiger partial charge in [-0.3, -0.25) is 24.2 Å². The maximum atomic E-state index is 13.5. The number of aromatic nitrogens is 2. The number of rotatable bonds is 3. The Morgan fingerprint density at radius 3 is 2.56 bits per heavy atom. The van der Waals surface area contributed by atoms with Crippen LogP contribution in [0.3, 0.4) is 0 Å². The standard InChI is InChI=1S/C28H34N6O5/c1-15(2)22-28-34-23(17(4)39-28)27(38)31-16(3)24(35)29-12-8-7-11-20(25(36)33-22)32-26(37)21-13-18-9-5-6-10-19(18)14-30-21/h5-6,9-10,13-16,20,22H,7-8,11-12H2,1-4H3,(H,29,35)(H,31,38)(H,32,37)(H,33,36)/t16-,20+,22+/m1/s1. The number of aryl methyl sites for hydroxylation is 1. The molecule has 0 fully saturated rings. The van der Waals surface area contributed by atoms with Crippen molar-refractivity contribution >= 4 is 34.4 Å². The van der Waals surface area contributed by atoms with Crippen LogP contribution in [0, 0.1) is 12.8 Å². The molecule has 11 heteroatoms. The summed E-state index contributed by atoms with van der Waals surface area (Å²) in [6.07, 6.45) is 3.10. The lowest BCUT2D eigenvalue weighted by molar-refractivity contribution is -0.124. The zero-order valence-electron chi connectivity index (χ0n) is 22.5. The summed E-state index contributed by atoms with van der Waals surface area (Å²) in [5, 5.41) is 13.0. The van der Waals surface area contributed by atoms with Crippen molar-refractivity contribution in [2.24, 2.45) is 5.92 Å². The number of oxazole rings is 1. The van der Waals surface area contributed by atoms with E-state index in [1.54, 1.807) is 26.1 Å². The summed E-state index contributed by atoms with van der Waals surface area (Å²) >= 11 is 0. The Labute approximate surface area is 226 Å². The lowest BCUT2D eigenvalue weighted by atomic mass is 10.0. The number of nitrogens with one attached hydrogen (secondary N) is 4. The Hall–Kier alpha value is -4.28. The average Bonchev–Trinajstić information content (AvgIpc) is 3.30. The Morgan fingerprint density at radius 2 is 1.82 bits per heavy atom. The van der Waals surface area contributed by atoms with Gasteiger partial charge in [0.25, 0.3) is 11.8 Å². The van der Waals surface area contributed by atoms with Crippen LogP contribution in [0.5, 0.6) is 0 Å². The number of hydrogen-bond acceptors (Lipinski definition) is 7. The van der Waals surface area contributed by atoms with E-state index in [4.69, 9.17) is 4.42 Å². The third-order valence-electron chi connectivity index (χ3n) is 6.70. The van der Waals surface area contributed by atoms with Crippen molar-refractivity contribution in [3.05, 3.63) is 59.6 Å².